The van der Waals surface area contributed by atoms with Gasteiger partial charge in [-0.1, -0.05) is 48.5 Å². The van der Waals surface area contributed by atoms with E-state index in [9.17, 15) is 14.7 Å². The van der Waals surface area contributed by atoms with E-state index in [1.807, 2.05) is 48.5 Å². The minimum absolute atomic E-state index is 0.0851. The van der Waals surface area contributed by atoms with Gasteiger partial charge in [0.05, 0.1) is 18.7 Å². The minimum atomic E-state index is -1.34. The molecular weight excluding hydrogens is 490 g/mol. The maximum absolute atomic E-state index is 12.6. The van der Waals surface area contributed by atoms with Gasteiger partial charge in [0.2, 0.25) is 0 Å². The Bertz CT molecular complexity index is 1170. The van der Waals surface area contributed by atoms with Gasteiger partial charge in [0.15, 0.2) is 17.5 Å². The maximum atomic E-state index is 12.6. The molecule has 3 aromatic carbocycles. The molecular formula is C25H22BrNO6. The van der Waals surface area contributed by atoms with Crippen LogP contribution in [0, 0.1) is 0 Å². The summed E-state index contributed by atoms with van der Waals surface area (Å²) in [4.78, 5) is 24.5. The third-order valence-electron chi connectivity index (χ3n) is 5.64. The molecule has 0 saturated heterocycles. The van der Waals surface area contributed by atoms with Crippen LogP contribution in [0.2, 0.25) is 0 Å². The molecule has 170 valence electrons. The zero-order valence-corrected chi connectivity index (χ0v) is 19.6. The van der Waals surface area contributed by atoms with Gasteiger partial charge in [-0.15, -0.1) is 0 Å². The lowest BCUT2D eigenvalue weighted by molar-refractivity contribution is -0.139. The molecule has 0 bridgehead atoms. The summed E-state index contributed by atoms with van der Waals surface area (Å²) >= 11 is 3.35. The molecule has 8 heteroatoms. The molecule has 0 aliphatic heterocycles. The van der Waals surface area contributed by atoms with Crippen LogP contribution in [0.5, 0.6) is 11.5 Å². The number of carboxylic acids is 1. The number of fused-ring (bicyclic) bond motifs is 3. The molecule has 0 radical (unpaired) electrons. The molecule has 0 fully saturated rings. The topological polar surface area (TPSA) is 94.1 Å². The van der Waals surface area contributed by atoms with Crippen molar-refractivity contribution in [3.8, 4) is 22.6 Å². The van der Waals surface area contributed by atoms with E-state index in [1.165, 1.54) is 20.3 Å². The number of carbonyl (C=O) groups excluding carboxylic acids is 1. The Balaban J connectivity index is 1.51. The summed E-state index contributed by atoms with van der Waals surface area (Å²) in [5.74, 6) is -0.599. The van der Waals surface area contributed by atoms with Crippen LogP contribution >= 0.6 is 15.9 Å². The second-order valence-electron chi connectivity index (χ2n) is 7.48. The first-order valence-corrected chi connectivity index (χ1v) is 11.0. The van der Waals surface area contributed by atoms with Crippen LogP contribution in [0.3, 0.4) is 0 Å². The quantitative estimate of drug-likeness (QED) is 0.456. The average Bonchev–Trinajstić information content (AvgIpc) is 3.14. The number of methoxy groups -OCH3 is 2. The molecule has 0 saturated carbocycles. The number of benzene rings is 3. The predicted molar refractivity (Wildman–Crippen MR) is 126 cm³/mol. The number of nitrogens with one attached hydrogen (secondary N) is 1. The molecule has 1 unspecified atom stereocenters. The van der Waals surface area contributed by atoms with Crippen molar-refractivity contribution in [3.05, 3.63) is 81.8 Å². The molecule has 3 aromatic rings. The van der Waals surface area contributed by atoms with Crippen LogP contribution in [0.4, 0.5) is 4.79 Å². The highest BCUT2D eigenvalue weighted by molar-refractivity contribution is 9.10. The SMILES string of the molecule is COc1cc(C(NC(=O)OCC2c3ccccc3-c3ccccc32)C(=O)O)cc(Br)c1OC. The fraction of sp³-hybridized carbons (Fsp3) is 0.200. The van der Waals surface area contributed by atoms with Crippen molar-refractivity contribution in [2.75, 3.05) is 20.8 Å². The fourth-order valence-electron chi connectivity index (χ4n) is 4.15. The summed E-state index contributed by atoms with van der Waals surface area (Å²) in [5, 5.41) is 12.2. The van der Waals surface area contributed by atoms with Gasteiger partial charge in [0.1, 0.15) is 6.61 Å². The van der Waals surface area contributed by atoms with Gasteiger partial charge in [-0.2, -0.15) is 0 Å². The Morgan fingerprint density at radius 3 is 2.15 bits per heavy atom. The third kappa shape index (κ3) is 4.39. The van der Waals surface area contributed by atoms with E-state index in [1.54, 1.807) is 6.07 Å². The highest BCUT2D eigenvalue weighted by atomic mass is 79.9. The van der Waals surface area contributed by atoms with E-state index < -0.39 is 18.1 Å². The van der Waals surface area contributed by atoms with Crippen LogP contribution in [-0.4, -0.2) is 38.0 Å². The van der Waals surface area contributed by atoms with Crippen molar-refractivity contribution in [1.29, 1.82) is 0 Å². The average molecular weight is 512 g/mol. The van der Waals surface area contributed by atoms with Crippen LogP contribution in [0.1, 0.15) is 28.7 Å². The zero-order chi connectivity index (χ0) is 23.5. The molecule has 1 atom stereocenters. The number of alkyl carbamates (subject to hydrolysis) is 1. The normalized spacial score (nSPS) is 12.9. The highest BCUT2D eigenvalue weighted by Crippen LogP contribution is 2.44. The van der Waals surface area contributed by atoms with Gasteiger partial charge in [0.25, 0.3) is 0 Å². The summed E-state index contributed by atoms with van der Waals surface area (Å²) in [6.07, 6.45) is -0.824. The number of ether oxygens (including phenoxy) is 3. The van der Waals surface area contributed by atoms with E-state index in [-0.39, 0.29) is 12.5 Å². The molecule has 0 aromatic heterocycles. The summed E-state index contributed by atoms with van der Waals surface area (Å²) < 4.78 is 16.5. The molecule has 2 N–H and O–H groups in total. The van der Waals surface area contributed by atoms with Crippen molar-refractivity contribution in [2.45, 2.75) is 12.0 Å². The van der Waals surface area contributed by atoms with Crippen LogP contribution < -0.4 is 14.8 Å². The molecule has 7 nitrogen and oxygen atoms in total. The first-order chi connectivity index (χ1) is 15.9. The second-order valence-corrected chi connectivity index (χ2v) is 8.33. The largest absolute Gasteiger partial charge is 0.493 e. The van der Waals surface area contributed by atoms with E-state index in [0.29, 0.717) is 21.5 Å². The van der Waals surface area contributed by atoms with Crippen LogP contribution in [0.25, 0.3) is 11.1 Å². The summed E-state index contributed by atoms with van der Waals surface area (Å²) in [5.41, 5.74) is 4.68. The van der Waals surface area contributed by atoms with Crippen molar-refractivity contribution >= 4 is 28.0 Å². The Morgan fingerprint density at radius 2 is 1.61 bits per heavy atom. The Labute approximate surface area is 199 Å². The smallest absolute Gasteiger partial charge is 0.408 e. The van der Waals surface area contributed by atoms with Crippen molar-refractivity contribution in [1.82, 2.24) is 5.32 Å². The number of amides is 1. The van der Waals surface area contributed by atoms with E-state index in [0.717, 1.165) is 22.3 Å². The van der Waals surface area contributed by atoms with Crippen molar-refractivity contribution < 1.29 is 28.9 Å². The van der Waals surface area contributed by atoms with Crippen LogP contribution in [0.15, 0.2) is 65.1 Å². The summed E-state index contributed by atoms with van der Waals surface area (Å²) in [7, 11) is 2.93. The van der Waals surface area contributed by atoms with E-state index >= 15 is 0 Å². The minimum Gasteiger partial charge on any atom is -0.493 e. The Hall–Kier alpha value is -3.52. The monoisotopic (exact) mass is 511 g/mol. The number of rotatable bonds is 7. The highest BCUT2D eigenvalue weighted by Gasteiger charge is 2.30. The number of hydrogen-bond acceptors (Lipinski definition) is 5. The molecule has 4 rings (SSSR count). The van der Waals surface area contributed by atoms with Gasteiger partial charge in [0, 0.05) is 5.92 Å². The zero-order valence-electron chi connectivity index (χ0n) is 18.0. The number of halogens is 1. The summed E-state index contributed by atoms with van der Waals surface area (Å²) in [6.45, 7) is 0.0851. The standard InChI is InChI=1S/C25H22BrNO6/c1-31-21-12-14(11-20(26)23(21)32-2)22(24(28)29)27-25(30)33-13-19-17-9-5-3-7-15(17)16-8-4-6-10-18(16)19/h3-12,19,22H,13H2,1-2H3,(H,27,30)(H,28,29). The Morgan fingerprint density at radius 1 is 1.00 bits per heavy atom. The van der Waals surface area contributed by atoms with Crippen molar-refractivity contribution in [3.63, 3.8) is 0 Å². The molecule has 1 aliphatic carbocycles. The predicted octanol–water partition coefficient (Wildman–Crippen LogP) is 5.13. The molecule has 33 heavy (non-hydrogen) atoms. The molecule has 1 aliphatic rings. The van der Waals surface area contributed by atoms with E-state index in [2.05, 4.69) is 21.2 Å². The van der Waals surface area contributed by atoms with Gasteiger partial charge in [-0.05, 0) is 55.9 Å². The lowest BCUT2D eigenvalue weighted by Crippen LogP contribution is -2.34. The molecule has 0 heterocycles. The number of carboxylic acid groups (broad SMARTS) is 1. The molecule has 1 amide bonds. The number of aliphatic carboxylic acids is 1. The Kier molecular flexibility index (Phi) is 6.55. The summed E-state index contributed by atoms with van der Waals surface area (Å²) in [6, 6.07) is 17.7. The first-order valence-electron chi connectivity index (χ1n) is 10.2. The van der Waals surface area contributed by atoms with Gasteiger partial charge in [-0.25, -0.2) is 9.59 Å². The fourth-order valence-corrected chi connectivity index (χ4v) is 4.77. The molecule has 0 spiro atoms. The van der Waals surface area contributed by atoms with Gasteiger partial charge >= 0.3 is 12.1 Å². The lowest BCUT2D eigenvalue weighted by Gasteiger charge is -2.19. The first kappa shape index (κ1) is 22.7. The van der Waals surface area contributed by atoms with Crippen molar-refractivity contribution in [2.24, 2.45) is 0 Å². The van der Waals surface area contributed by atoms with Gasteiger partial charge < -0.3 is 24.6 Å². The second kappa shape index (κ2) is 9.54. The number of carbonyl (C=O) groups is 2. The maximum Gasteiger partial charge on any atom is 0.408 e. The van der Waals surface area contributed by atoms with Gasteiger partial charge in [-0.3, -0.25) is 0 Å². The lowest BCUT2D eigenvalue weighted by atomic mass is 9.98. The number of hydrogen-bond donors (Lipinski definition) is 2. The third-order valence-corrected chi connectivity index (χ3v) is 6.23. The van der Waals surface area contributed by atoms with E-state index in [4.69, 9.17) is 14.2 Å². The van der Waals surface area contributed by atoms with Crippen LogP contribution in [-0.2, 0) is 9.53 Å².